The highest BCUT2D eigenvalue weighted by atomic mass is 16.3. The fourth-order valence-corrected chi connectivity index (χ4v) is 4.38. The van der Waals surface area contributed by atoms with Crippen molar-refractivity contribution in [1.29, 1.82) is 0 Å². The number of amides is 1. The second-order valence-corrected chi connectivity index (χ2v) is 8.61. The molecule has 0 unspecified atom stereocenters. The number of aromatic amines is 1. The molecule has 5 nitrogen and oxygen atoms in total. The lowest BCUT2D eigenvalue weighted by Gasteiger charge is -2.40. The van der Waals surface area contributed by atoms with E-state index in [-0.39, 0.29) is 17.9 Å². The molecule has 5 heteroatoms. The van der Waals surface area contributed by atoms with Crippen molar-refractivity contribution in [1.82, 2.24) is 14.8 Å². The summed E-state index contributed by atoms with van der Waals surface area (Å²) in [5, 5.41) is 9.39. The summed E-state index contributed by atoms with van der Waals surface area (Å²) in [5.41, 5.74) is 5.21. The average Bonchev–Trinajstić information content (AvgIpc) is 3.14. The van der Waals surface area contributed by atoms with Crippen LogP contribution in [0, 0.1) is 12.3 Å². The predicted octanol–water partition coefficient (Wildman–Crippen LogP) is 4.52. The zero-order valence-corrected chi connectivity index (χ0v) is 20.3. The first-order valence-electron chi connectivity index (χ1n) is 11.5. The Morgan fingerprint density at radius 2 is 1.90 bits per heavy atom. The SMILES string of the molecule is CC(C)O.CCN(CC)C(=O)[C@@H]1C=C2c3cccc4[nH]cc(c34)C[C@H]2N(C)C1.C[CH]C. The first kappa shape index (κ1) is 25.2. The molecule has 2 aliphatic rings. The molecule has 0 fully saturated rings. The van der Waals surface area contributed by atoms with Crippen molar-refractivity contribution in [2.24, 2.45) is 5.92 Å². The molecule has 2 aromatic rings. The molecule has 31 heavy (non-hydrogen) atoms. The molecule has 1 aliphatic heterocycles. The molecule has 2 N–H and O–H groups in total. The lowest BCUT2D eigenvalue weighted by Crippen LogP contribution is -2.47. The third-order valence-electron chi connectivity index (χ3n) is 5.66. The lowest BCUT2D eigenvalue weighted by atomic mass is 9.79. The number of carbonyl (C=O) groups excluding carboxylic acids is 1. The summed E-state index contributed by atoms with van der Waals surface area (Å²) in [5.74, 6) is 0.210. The molecular weight excluding hydrogens is 386 g/mol. The van der Waals surface area contributed by atoms with Crippen LogP contribution in [0.4, 0.5) is 0 Å². The van der Waals surface area contributed by atoms with E-state index in [2.05, 4.69) is 61.3 Å². The largest absolute Gasteiger partial charge is 0.394 e. The molecule has 4 rings (SSSR count). The molecule has 1 aromatic heterocycles. The van der Waals surface area contributed by atoms with E-state index in [1.54, 1.807) is 13.8 Å². The van der Waals surface area contributed by atoms with Crippen molar-refractivity contribution in [3.8, 4) is 0 Å². The van der Waals surface area contributed by atoms with Crippen molar-refractivity contribution in [3.05, 3.63) is 48.0 Å². The second kappa shape index (κ2) is 11.5. The molecule has 1 aliphatic carbocycles. The molecule has 0 spiro atoms. The first-order valence-corrected chi connectivity index (χ1v) is 11.5. The average molecular weight is 427 g/mol. The van der Waals surface area contributed by atoms with E-state index in [0.29, 0.717) is 6.04 Å². The number of aliphatic hydroxyl groups is 1. The second-order valence-electron chi connectivity index (χ2n) is 8.61. The number of likely N-dealkylation sites (N-methyl/N-ethyl adjacent to an activating group) is 1. The highest BCUT2D eigenvalue weighted by Crippen LogP contribution is 2.40. The number of carbonyl (C=O) groups is 1. The smallest absolute Gasteiger partial charge is 0.230 e. The van der Waals surface area contributed by atoms with Gasteiger partial charge >= 0.3 is 0 Å². The van der Waals surface area contributed by atoms with Crippen LogP contribution in [-0.2, 0) is 11.2 Å². The van der Waals surface area contributed by atoms with Gasteiger partial charge in [0.15, 0.2) is 0 Å². The van der Waals surface area contributed by atoms with Crippen molar-refractivity contribution in [3.63, 3.8) is 0 Å². The zero-order valence-electron chi connectivity index (χ0n) is 20.3. The van der Waals surface area contributed by atoms with Crippen molar-refractivity contribution in [2.75, 3.05) is 26.7 Å². The molecule has 2 heterocycles. The van der Waals surface area contributed by atoms with Crippen molar-refractivity contribution >= 4 is 22.4 Å². The summed E-state index contributed by atoms with van der Waals surface area (Å²) < 4.78 is 0. The molecule has 0 saturated heterocycles. The Morgan fingerprint density at radius 1 is 1.29 bits per heavy atom. The van der Waals surface area contributed by atoms with Crippen LogP contribution < -0.4 is 0 Å². The van der Waals surface area contributed by atoms with Crippen LogP contribution in [0.25, 0.3) is 16.5 Å². The fourth-order valence-electron chi connectivity index (χ4n) is 4.38. The summed E-state index contributed by atoms with van der Waals surface area (Å²) in [4.78, 5) is 20.6. The van der Waals surface area contributed by atoms with Gasteiger partial charge in [-0.3, -0.25) is 9.69 Å². The Morgan fingerprint density at radius 3 is 2.48 bits per heavy atom. The van der Waals surface area contributed by atoms with E-state index in [1.165, 1.54) is 27.6 Å². The van der Waals surface area contributed by atoms with Crippen molar-refractivity contribution < 1.29 is 9.90 Å². The summed E-state index contributed by atoms with van der Waals surface area (Å²) in [7, 11) is 2.15. The van der Waals surface area contributed by atoms with Gasteiger partial charge in [-0.25, -0.2) is 0 Å². The van der Waals surface area contributed by atoms with Gasteiger partial charge in [-0.1, -0.05) is 32.1 Å². The number of nitrogens with zero attached hydrogens (tertiary/aromatic N) is 2. The third kappa shape index (κ3) is 5.78. The number of nitrogens with one attached hydrogen (secondary N) is 1. The minimum atomic E-state index is -0.167. The maximum Gasteiger partial charge on any atom is 0.230 e. The van der Waals surface area contributed by atoms with Crippen LogP contribution in [-0.4, -0.2) is 64.6 Å². The van der Waals surface area contributed by atoms with Gasteiger partial charge in [0.2, 0.25) is 5.91 Å². The highest BCUT2D eigenvalue weighted by Gasteiger charge is 2.36. The Labute approximate surface area is 188 Å². The van der Waals surface area contributed by atoms with Crippen LogP contribution in [0.3, 0.4) is 0 Å². The van der Waals surface area contributed by atoms with Gasteiger partial charge in [0.1, 0.15) is 0 Å². The number of aliphatic hydroxyl groups excluding tert-OH is 1. The number of fused-ring (bicyclic) bond motifs is 2. The fraction of sp³-hybridized carbons (Fsp3) is 0.538. The molecular formula is C26H40N3O2. The van der Waals surface area contributed by atoms with Crippen LogP contribution in [0.15, 0.2) is 30.5 Å². The Kier molecular flexibility index (Phi) is 9.32. The van der Waals surface area contributed by atoms with Gasteiger partial charge in [0, 0.05) is 48.9 Å². The van der Waals surface area contributed by atoms with Gasteiger partial charge < -0.3 is 15.0 Å². The van der Waals surface area contributed by atoms with Crippen LogP contribution in [0.1, 0.15) is 52.7 Å². The van der Waals surface area contributed by atoms with Gasteiger partial charge in [0.25, 0.3) is 0 Å². The number of hydrogen-bond donors (Lipinski definition) is 2. The topological polar surface area (TPSA) is 59.6 Å². The summed E-state index contributed by atoms with van der Waals surface area (Å²) in [6.45, 7) is 13.9. The normalized spacial score (nSPS) is 19.6. The quantitative estimate of drug-likeness (QED) is 0.758. The van der Waals surface area contributed by atoms with Gasteiger partial charge in [0.05, 0.1) is 5.92 Å². The Bertz CT molecular complexity index is 877. The number of benzene rings is 1. The van der Waals surface area contributed by atoms with E-state index >= 15 is 0 Å². The van der Waals surface area contributed by atoms with E-state index in [4.69, 9.17) is 5.11 Å². The molecule has 1 radical (unpaired) electrons. The Balaban J connectivity index is 0.000000431. The standard InChI is InChI=1S/C20H25N3O.C3H8O.C3H7/c1-4-23(5-2)20(24)14-9-16-15-7-6-8-17-19(15)13(11-21-17)10-18(16)22(3)12-14;1-3(2)4;1-3-2/h6-9,11,14,18,21H,4-5,10,12H2,1-3H3;3-4H,1-2H3;3H,1-2H3/t14-,18-;;/m1../s1. The van der Waals surface area contributed by atoms with Crippen LogP contribution >= 0.6 is 0 Å². The number of rotatable bonds is 3. The van der Waals surface area contributed by atoms with Gasteiger partial charge in [-0.05, 0) is 70.4 Å². The highest BCUT2D eigenvalue weighted by molar-refractivity contribution is 5.99. The van der Waals surface area contributed by atoms with E-state index < -0.39 is 0 Å². The molecule has 1 aromatic carbocycles. The van der Waals surface area contributed by atoms with Gasteiger partial charge in [-0.15, -0.1) is 0 Å². The molecule has 2 atom stereocenters. The molecule has 0 saturated carbocycles. The van der Waals surface area contributed by atoms with Crippen LogP contribution in [0.2, 0.25) is 0 Å². The van der Waals surface area contributed by atoms with E-state index in [0.717, 1.165) is 26.1 Å². The van der Waals surface area contributed by atoms with Crippen LogP contribution in [0.5, 0.6) is 0 Å². The maximum absolute atomic E-state index is 12.9. The van der Waals surface area contributed by atoms with Crippen molar-refractivity contribution in [2.45, 2.75) is 60.1 Å². The van der Waals surface area contributed by atoms with E-state index in [1.807, 2.05) is 25.2 Å². The predicted molar refractivity (Wildman–Crippen MR) is 131 cm³/mol. The zero-order chi connectivity index (χ0) is 23.1. The Hall–Kier alpha value is -2.11. The molecule has 0 bridgehead atoms. The van der Waals surface area contributed by atoms with Gasteiger partial charge in [-0.2, -0.15) is 0 Å². The monoisotopic (exact) mass is 426 g/mol. The maximum atomic E-state index is 12.9. The third-order valence-corrected chi connectivity index (χ3v) is 5.66. The summed E-state index contributed by atoms with van der Waals surface area (Å²) >= 11 is 0. The van der Waals surface area contributed by atoms with E-state index in [9.17, 15) is 4.79 Å². The number of H-pyrrole nitrogens is 1. The molecule has 1 amide bonds. The molecule has 171 valence electrons. The number of hydrogen-bond acceptors (Lipinski definition) is 3. The summed E-state index contributed by atoms with van der Waals surface area (Å²) in [6.07, 6.45) is 7.24. The number of aromatic nitrogens is 1. The lowest BCUT2D eigenvalue weighted by molar-refractivity contribution is -0.134. The first-order chi connectivity index (χ1) is 14.8. The summed E-state index contributed by atoms with van der Waals surface area (Å²) in [6, 6.07) is 6.82. The minimum Gasteiger partial charge on any atom is -0.394 e. The minimum absolute atomic E-state index is 0.0445.